The first-order valence-corrected chi connectivity index (χ1v) is 45.0. The molecule has 2 aliphatic carbocycles. The van der Waals surface area contributed by atoms with Crippen LogP contribution in [0.1, 0.15) is 213 Å². The van der Waals surface area contributed by atoms with Crippen molar-refractivity contribution in [2.75, 3.05) is 41.0 Å². The van der Waals surface area contributed by atoms with Crippen molar-refractivity contribution in [1.82, 2.24) is 59.7 Å². The SMILES string of the molecule is COC(=O)N[C@H](C(=O)N1CCC[C@H]1C1=NC=C(c2cc(F)c3c(c2)OC(c2cnc(C4CC4)s2)n2c-3c(F)c3cc(C4=CN=C([C@@H]5CCCN5C(=O)[C@@H](NC(=O)OC)C(C)C)C4)ccc32)C1)C(C)C.COC(=O)N[C@H](C(=O)N1CCC[C@H]1c1ncc(-c2cc(F)c3c(c2)OC(c2cnc(C4CC4)s2)n2c-3c(F)c3cc(B4OC(C)(C)C(C)(C)O4)ccc32)[nH]1)C(C)C. The molecule has 4 saturated heterocycles. The van der Waals surface area contributed by atoms with Crippen molar-refractivity contribution in [1.29, 1.82) is 0 Å². The number of hydrogen-bond donors (Lipinski definition) is 4. The Morgan fingerprint density at radius 2 is 0.937 bits per heavy atom. The van der Waals surface area contributed by atoms with Crippen LogP contribution in [0.4, 0.5) is 31.9 Å². The molecule has 2 saturated carbocycles. The number of halogens is 4. The van der Waals surface area contributed by atoms with Gasteiger partial charge in [-0.25, -0.2) is 46.9 Å². The van der Waals surface area contributed by atoms with Crippen molar-refractivity contribution >= 4 is 116 Å². The molecule has 4 aromatic carbocycles. The Morgan fingerprint density at radius 3 is 1.39 bits per heavy atom. The van der Waals surface area contributed by atoms with E-state index < -0.39 is 90.5 Å². The molecule has 6 amide bonds. The number of H-pyrrole nitrogens is 1. The molecule has 8 aliphatic heterocycles. The molecule has 4 N–H and O–H groups in total. The molecular weight excluding hydrogens is 1660 g/mol. The molecule has 8 atom stereocenters. The number of nitrogens with zero attached hydrogens (tertiary/aromatic N) is 10. The number of alkyl carbamates (subject to hydrolysis) is 3. The van der Waals surface area contributed by atoms with E-state index in [1.165, 1.54) is 56.1 Å². The molecule has 0 radical (unpaired) electrons. The van der Waals surface area contributed by atoms with Crippen molar-refractivity contribution in [3.63, 3.8) is 0 Å². The average molecular weight is 1760 g/mol. The summed E-state index contributed by atoms with van der Waals surface area (Å²) in [7, 11) is 3.08. The molecule has 13 heterocycles. The Bertz CT molecular complexity index is 6020. The lowest BCUT2D eigenvalue weighted by Crippen LogP contribution is -2.53. The Labute approximate surface area is 734 Å². The number of imidazole rings is 1. The number of hydrogen-bond acceptors (Lipinski definition) is 20. The number of methoxy groups -OCH3 is 3. The van der Waals surface area contributed by atoms with Gasteiger partial charge in [0.25, 0.3) is 0 Å². The zero-order valence-electron chi connectivity index (χ0n) is 72.5. The van der Waals surface area contributed by atoms with Crippen molar-refractivity contribution in [3.8, 4) is 45.3 Å². The topological polar surface area (TPSA) is 302 Å². The Hall–Kier alpha value is -11.2. The number of fused-ring (bicyclic) bond motifs is 10. The van der Waals surface area contributed by atoms with E-state index in [9.17, 15) is 28.8 Å². The van der Waals surface area contributed by atoms with Crippen LogP contribution in [0, 0.1) is 41.0 Å². The first-order valence-electron chi connectivity index (χ1n) is 43.4. The summed E-state index contributed by atoms with van der Waals surface area (Å²) in [4.78, 5) is 112. The summed E-state index contributed by atoms with van der Waals surface area (Å²) in [5.74, 6) is -1.93. The fourth-order valence-corrected chi connectivity index (χ4v) is 20.8. The van der Waals surface area contributed by atoms with Crippen LogP contribution in [0.15, 0.2) is 102 Å². The maximum Gasteiger partial charge on any atom is 0.494 e. The summed E-state index contributed by atoms with van der Waals surface area (Å²) < 4.78 is 112. The Morgan fingerprint density at radius 1 is 0.516 bits per heavy atom. The molecule has 6 fully saturated rings. The number of thiazole rings is 2. The van der Waals surface area contributed by atoms with Gasteiger partial charge >= 0.3 is 25.4 Å². The number of amides is 6. The maximum absolute atomic E-state index is 17.4. The van der Waals surface area contributed by atoms with Crippen molar-refractivity contribution in [3.05, 3.63) is 152 Å². The minimum Gasteiger partial charge on any atom is -0.464 e. The van der Waals surface area contributed by atoms with Crippen molar-refractivity contribution in [2.45, 2.75) is 218 Å². The molecule has 34 heteroatoms. The molecule has 27 nitrogen and oxygen atoms in total. The Balaban J connectivity index is 0.000000174. The van der Waals surface area contributed by atoms with Crippen LogP contribution in [0.25, 0.3) is 66.7 Å². The standard InChI is InChI=1S/C51H56F2N8O7S.C41H45BF2N6O6S/c1-25(2)43(57-50(64)66-5)47(62)59-15-7-9-37(59)34-19-30(22-54-34)28-13-14-36-32(17-28)42(53)45-41-33(52)18-29(21-39(41)68-49(61(36)45)40-24-56-46(69-40)27-11-12-27)31-20-35(55-23-31)38-10-8-16-60(38)48(63)44(26(3)4)58-51(65)67-6;1-20(2)33(48-39(52)53-7)37(51)49-14-8-9-28(49)35-45-18-26(47-35)22-15-25(43)31-29(16-22)54-38(30-19-46-36(57-30)21-10-11-21)50-27-13-12-23(17-24(27)32(44)34(31)50)42-55-40(3,4)41(5,6)56-42/h13-14,17-18,21-27,37-38,43-44,49H,7-12,15-16,19-20H2,1-6H3,(H,57,64)(H,58,65);12-13,15-21,28,33,38H,8-11,14H2,1-7H3,(H,45,47)(H,48,52)/t37-,38-,43-,44-,49?;28-,33-,38?/m00/s1. The Kier molecular flexibility index (Phi) is 22.8. The van der Waals surface area contributed by atoms with E-state index in [1.54, 1.807) is 79.1 Å². The molecule has 0 bridgehead atoms. The van der Waals surface area contributed by atoms with E-state index in [2.05, 4.69) is 25.9 Å². The molecule has 2 unspecified atom stereocenters. The van der Waals surface area contributed by atoms with Crippen LogP contribution in [0.5, 0.6) is 11.5 Å². The molecule has 0 spiro atoms. The number of ether oxygens (including phenoxy) is 5. The van der Waals surface area contributed by atoms with Gasteiger partial charge in [0.2, 0.25) is 30.2 Å². The van der Waals surface area contributed by atoms with E-state index in [4.69, 9.17) is 52.9 Å². The van der Waals surface area contributed by atoms with Gasteiger partial charge in [0.15, 0.2) is 11.6 Å². The van der Waals surface area contributed by atoms with E-state index >= 15 is 17.6 Å². The second kappa shape index (κ2) is 33.5. The molecule has 660 valence electrons. The van der Waals surface area contributed by atoms with Gasteiger partial charge in [0.05, 0.1) is 116 Å². The van der Waals surface area contributed by atoms with Gasteiger partial charge in [-0.1, -0.05) is 59.7 Å². The number of rotatable bonds is 20. The first-order chi connectivity index (χ1) is 60.4. The van der Waals surface area contributed by atoms with Crippen molar-refractivity contribution < 1.29 is 79.3 Å². The third kappa shape index (κ3) is 15.6. The third-order valence-electron chi connectivity index (χ3n) is 26.4. The third-order valence-corrected chi connectivity index (χ3v) is 28.8. The number of carbonyl (C=O) groups is 6. The molecule has 126 heavy (non-hydrogen) atoms. The number of benzene rings is 4. The molecule has 9 aromatic rings. The minimum absolute atomic E-state index is 0.0120. The molecule has 5 aromatic heterocycles. The first kappa shape index (κ1) is 85.6. The quantitative estimate of drug-likeness (QED) is 0.0313. The van der Waals surface area contributed by atoms with E-state index in [0.29, 0.717) is 107 Å². The van der Waals surface area contributed by atoms with Crippen molar-refractivity contribution in [2.24, 2.45) is 27.7 Å². The highest BCUT2D eigenvalue weighted by Gasteiger charge is 2.53. The van der Waals surface area contributed by atoms with Gasteiger partial charge < -0.3 is 68.6 Å². The predicted octanol–water partition coefficient (Wildman–Crippen LogP) is 16.6. The average Bonchev–Trinajstić information content (AvgIpc) is 1.55. The number of aromatic amines is 1. The summed E-state index contributed by atoms with van der Waals surface area (Å²) in [6.45, 7) is 20.6. The van der Waals surface area contributed by atoms with Crippen LogP contribution < -0.4 is 30.9 Å². The van der Waals surface area contributed by atoms with Crippen LogP contribution >= 0.6 is 22.7 Å². The zero-order chi connectivity index (χ0) is 88.5. The number of aromatic nitrogens is 6. The van der Waals surface area contributed by atoms with E-state index in [-0.39, 0.29) is 87.6 Å². The fraction of sp³-hybridized carbons (Fsp3) is 0.467. The van der Waals surface area contributed by atoms with Crippen LogP contribution in [0.2, 0.25) is 0 Å². The second-order valence-corrected chi connectivity index (χ2v) is 38.4. The lowest BCUT2D eigenvalue weighted by molar-refractivity contribution is -0.136. The molecule has 19 rings (SSSR count). The summed E-state index contributed by atoms with van der Waals surface area (Å²) in [6.07, 6.45) is 14.4. The smallest absolute Gasteiger partial charge is 0.464 e. The second-order valence-electron chi connectivity index (χ2n) is 36.2. The lowest BCUT2D eigenvalue weighted by Gasteiger charge is -2.32. The highest BCUT2D eigenvalue weighted by atomic mass is 32.1. The summed E-state index contributed by atoms with van der Waals surface area (Å²) >= 11 is 3.06. The largest absolute Gasteiger partial charge is 0.494 e. The van der Waals surface area contributed by atoms with Gasteiger partial charge in [0, 0.05) is 96.9 Å². The number of aliphatic imine (C=N–C) groups is 2. The zero-order valence-corrected chi connectivity index (χ0v) is 74.1. The number of nitrogens with one attached hydrogen (secondary N) is 4. The minimum atomic E-state index is -0.838. The van der Waals surface area contributed by atoms with Gasteiger partial charge in [0.1, 0.15) is 47.1 Å². The normalized spacial score (nSPS) is 21.5. The highest BCUT2D eigenvalue weighted by molar-refractivity contribution is 7.12. The van der Waals surface area contributed by atoms with Gasteiger partial charge in [-0.15, -0.1) is 22.7 Å². The van der Waals surface area contributed by atoms with E-state index in [1.807, 2.05) is 93.5 Å². The monoisotopic (exact) mass is 1760 g/mol. The van der Waals surface area contributed by atoms with E-state index in [0.717, 1.165) is 99.3 Å². The van der Waals surface area contributed by atoms with Gasteiger partial charge in [-0.3, -0.25) is 33.5 Å². The van der Waals surface area contributed by atoms with Gasteiger partial charge in [-0.05, 0) is 180 Å². The van der Waals surface area contributed by atoms with Crippen LogP contribution in [-0.2, 0) is 37.9 Å². The molecular formula is C92H101BF4N14O13S2. The molecule has 10 aliphatic rings. The highest BCUT2D eigenvalue weighted by Crippen LogP contribution is 2.54. The van der Waals surface area contributed by atoms with Crippen LogP contribution in [0.3, 0.4) is 0 Å². The predicted molar refractivity (Wildman–Crippen MR) is 469 cm³/mol. The summed E-state index contributed by atoms with van der Waals surface area (Å²) in [6, 6.07) is 13.9. The maximum atomic E-state index is 17.4. The fourth-order valence-electron chi connectivity index (χ4n) is 18.6. The lowest BCUT2D eigenvalue weighted by atomic mass is 9.78. The number of allylic oxidation sites excluding steroid dienone is 2. The summed E-state index contributed by atoms with van der Waals surface area (Å²) in [5, 5.41) is 10.6. The number of carbonyl (C=O) groups excluding carboxylic acids is 6. The van der Waals surface area contributed by atoms with Crippen LogP contribution in [-0.4, -0.2) is 181 Å². The summed E-state index contributed by atoms with van der Waals surface area (Å²) in [5.41, 5.74) is 6.17. The number of likely N-dealkylation sites (tertiary alicyclic amines) is 3. The van der Waals surface area contributed by atoms with Gasteiger partial charge in [-0.2, -0.15) is 0 Å².